The Morgan fingerprint density at radius 1 is 1.00 bits per heavy atom. The number of aromatic hydroxyl groups is 1. The highest BCUT2D eigenvalue weighted by Crippen LogP contribution is 2.32. The van der Waals surface area contributed by atoms with Gasteiger partial charge in [-0.2, -0.15) is 0 Å². The van der Waals surface area contributed by atoms with Crippen molar-refractivity contribution >= 4 is 27.8 Å². The first-order valence-electron chi connectivity index (χ1n) is 9.55. The lowest BCUT2D eigenvalue weighted by molar-refractivity contribution is 0.0704. The second-order valence-electron chi connectivity index (χ2n) is 7.30. The quantitative estimate of drug-likeness (QED) is 0.553. The van der Waals surface area contributed by atoms with Crippen molar-refractivity contribution in [3.05, 3.63) is 72.1 Å². The fourth-order valence-corrected chi connectivity index (χ4v) is 3.96. The number of piperidine rings is 1. The Morgan fingerprint density at radius 2 is 1.68 bits per heavy atom. The Morgan fingerprint density at radius 3 is 2.43 bits per heavy atom. The number of amides is 1. The smallest absolute Gasteiger partial charge is 0.257 e. The summed E-state index contributed by atoms with van der Waals surface area (Å²) in [5.74, 6) is 0.868. The van der Waals surface area contributed by atoms with Crippen molar-refractivity contribution in [3.63, 3.8) is 0 Å². The van der Waals surface area contributed by atoms with E-state index >= 15 is 0 Å². The number of fused-ring (bicyclic) bond motifs is 2. The van der Waals surface area contributed by atoms with E-state index in [1.165, 1.54) is 0 Å². The van der Waals surface area contributed by atoms with E-state index in [0.717, 1.165) is 40.6 Å². The van der Waals surface area contributed by atoms with Crippen LogP contribution in [-0.2, 0) is 0 Å². The Kier molecular flexibility index (Phi) is 4.01. The van der Waals surface area contributed by atoms with E-state index < -0.39 is 0 Å². The molecule has 1 aliphatic rings. The van der Waals surface area contributed by atoms with Gasteiger partial charge in [-0.05, 0) is 47.9 Å². The van der Waals surface area contributed by atoms with Gasteiger partial charge in [-0.1, -0.05) is 36.4 Å². The average molecular weight is 372 g/mol. The van der Waals surface area contributed by atoms with Gasteiger partial charge >= 0.3 is 0 Å². The molecule has 0 unspecified atom stereocenters. The highest BCUT2D eigenvalue weighted by Gasteiger charge is 2.28. The molecular weight excluding hydrogens is 352 g/mol. The molecule has 5 nitrogen and oxygen atoms in total. The van der Waals surface area contributed by atoms with Crippen LogP contribution in [-0.4, -0.2) is 34.0 Å². The first kappa shape index (κ1) is 16.8. The molecule has 1 fully saturated rings. The van der Waals surface area contributed by atoms with Gasteiger partial charge in [0.05, 0.1) is 5.56 Å². The number of phenols is 1. The number of benzene rings is 3. The molecule has 0 bridgehead atoms. The predicted octanol–water partition coefficient (Wildman–Crippen LogP) is 4.71. The fourth-order valence-electron chi connectivity index (χ4n) is 3.96. The number of aromatic nitrogens is 1. The van der Waals surface area contributed by atoms with Gasteiger partial charge in [0.2, 0.25) is 0 Å². The topological polar surface area (TPSA) is 66.6 Å². The van der Waals surface area contributed by atoms with E-state index in [2.05, 4.69) is 4.98 Å². The molecule has 5 rings (SSSR count). The summed E-state index contributed by atoms with van der Waals surface area (Å²) in [5, 5.41) is 12.2. The molecule has 1 amide bonds. The first-order chi connectivity index (χ1) is 13.7. The second kappa shape index (κ2) is 6.68. The number of rotatable bonds is 2. The number of phenolic OH excluding ortho intramolecular Hbond substituents is 1. The third-order valence-corrected chi connectivity index (χ3v) is 5.54. The molecule has 5 heteroatoms. The normalized spacial score (nSPS) is 15.4. The maximum Gasteiger partial charge on any atom is 0.257 e. The largest absolute Gasteiger partial charge is 0.507 e. The summed E-state index contributed by atoms with van der Waals surface area (Å²) in [5.41, 5.74) is 2.04. The van der Waals surface area contributed by atoms with Crippen molar-refractivity contribution in [2.24, 2.45) is 0 Å². The molecule has 4 aromatic rings. The Labute approximate surface area is 162 Å². The molecule has 3 aromatic carbocycles. The Bertz CT molecular complexity index is 1140. The van der Waals surface area contributed by atoms with Gasteiger partial charge in [0.1, 0.15) is 11.3 Å². The molecule has 0 saturated carbocycles. The minimum atomic E-state index is -0.126. The van der Waals surface area contributed by atoms with Crippen molar-refractivity contribution in [3.8, 4) is 5.75 Å². The fraction of sp³-hybridized carbons (Fsp3) is 0.217. The summed E-state index contributed by atoms with van der Waals surface area (Å²) in [6.45, 7) is 1.24. The zero-order valence-corrected chi connectivity index (χ0v) is 15.3. The van der Waals surface area contributed by atoms with Gasteiger partial charge < -0.3 is 14.4 Å². The third-order valence-electron chi connectivity index (χ3n) is 5.54. The van der Waals surface area contributed by atoms with Crippen molar-refractivity contribution in [1.29, 1.82) is 0 Å². The minimum Gasteiger partial charge on any atom is -0.507 e. The molecule has 1 saturated heterocycles. The molecule has 1 N–H and O–H groups in total. The van der Waals surface area contributed by atoms with Crippen LogP contribution in [0.15, 0.2) is 65.1 Å². The molecule has 0 radical (unpaired) electrons. The molecule has 0 spiro atoms. The number of likely N-dealkylation sites (tertiary alicyclic amines) is 1. The van der Waals surface area contributed by atoms with Crippen LogP contribution in [0.3, 0.4) is 0 Å². The van der Waals surface area contributed by atoms with Gasteiger partial charge in [-0.25, -0.2) is 4.98 Å². The highest BCUT2D eigenvalue weighted by molar-refractivity contribution is 6.01. The van der Waals surface area contributed by atoms with Gasteiger partial charge in [0.15, 0.2) is 11.5 Å². The zero-order chi connectivity index (χ0) is 19.1. The molecule has 0 atom stereocenters. The Balaban J connectivity index is 1.33. The number of carbonyl (C=O) groups excluding carboxylic acids is 1. The van der Waals surface area contributed by atoms with Gasteiger partial charge in [0, 0.05) is 19.0 Å². The van der Waals surface area contributed by atoms with Gasteiger partial charge in [0.25, 0.3) is 5.91 Å². The third kappa shape index (κ3) is 2.89. The molecule has 1 aromatic heterocycles. The van der Waals surface area contributed by atoms with Crippen LogP contribution in [0, 0.1) is 0 Å². The number of para-hydroxylation sites is 2. The first-order valence-corrected chi connectivity index (χ1v) is 9.55. The Hall–Kier alpha value is -3.34. The number of hydrogen-bond donors (Lipinski definition) is 1. The lowest BCUT2D eigenvalue weighted by atomic mass is 9.96. The summed E-state index contributed by atoms with van der Waals surface area (Å²) in [4.78, 5) is 19.4. The van der Waals surface area contributed by atoms with E-state index in [0.29, 0.717) is 18.7 Å². The number of oxazole rings is 1. The van der Waals surface area contributed by atoms with Crippen molar-refractivity contribution in [2.45, 2.75) is 18.8 Å². The molecule has 0 aliphatic carbocycles. The standard InChI is InChI=1S/C23H20N2O3/c26-20-14-17-6-2-1-5-16(17)13-18(20)23(27)25-11-9-15(10-12-25)22-24-19-7-3-4-8-21(19)28-22/h1-8,13-15,26H,9-12H2. The summed E-state index contributed by atoms with van der Waals surface area (Å²) in [6.07, 6.45) is 1.60. The van der Waals surface area contributed by atoms with Crippen molar-refractivity contribution < 1.29 is 14.3 Å². The SMILES string of the molecule is O=C(c1cc2ccccc2cc1O)N1CCC(c2nc3ccccc3o2)CC1. The van der Waals surface area contributed by atoms with E-state index in [4.69, 9.17) is 4.42 Å². The lowest BCUT2D eigenvalue weighted by Gasteiger charge is -2.30. The van der Waals surface area contributed by atoms with Crippen LogP contribution in [0.2, 0.25) is 0 Å². The van der Waals surface area contributed by atoms with Crippen LogP contribution >= 0.6 is 0 Å². The minimum absolute atomic E-state index is 0.0322. The second-order valence-corrected chi connectivity index (χ2v) is 7.30. The monoisotopic (exact) mass is 372 g/mol. The zero-order valence-electron chi connectivity index (χ0n) is 15.3. The summed E-state index contributed by atoms with van der Waals surface area (Å²) in [6, 6.07) is 18.9. The molecular formula is C23H20N2O3. The van der Waals surface area contributed by atoms with Crippen LogP contribution in [0.1, 0.15) is 35.0 Å². The van der Waals surface area contributed by atoms with Gasteiger partial charge in [-0.3, -0.25) is 4.79 Å². The van der Waals surface area contributed by atoms with E-state index in [-0.39, 0.29) is 17.6 Å². The predicted molar refractivity (Wildman–Crippen MR) is 108 cm³/mol. The summed E-state index contributed by atoms with van der Waals surface area (Å²) in [7, 11) is 0. The average Bonchev–Trinajstić information content (AvgIpc) is 3.17. The van der Waals surface area contributed by atoms with Crippen LogP contribution < -0.4 is 0 Å². The molecule has 140 valence electrons. The number of hydrogen-bond acceptors (Lipinski definition) is 4. The maximum atomic E-state index is 13.0. The van der Waals surface area contributed by atoms with Crippen LogP contribution in [0.25, 0.3) is 21.9 Å². The maximum absolute atomic E-state index is 13.0. The van der Waals surface area contributed by atoms with E-state index in [1.807, 2.05) is 53.4 Å². The van der Waals surface area contributed by atoms with E-state index in [9.17, 15) is 9.90 Å². The van der Waals surface area contributed by atoms with Crippen molar-refractivity contribution in [2.75, 3.05) is 13.1 Å². The van der Waals surface area contributed by atoms with Crippen molar-refractivity contribution in [1.82, 2.24) is 9.88 Å². The van der Waals surface area contributed by atoms with Crippen LogP contribution in [0.4, 0.5) is 0 Å². The lowest BCUT2D eigenvalue weighted by Crippen LogP contribution is -2.38. The molecule has 2 heterocycles. The number of carbonyl (C=O) groups is 1. The van der Waals surface area contributed by atoms with Crippen LogP contribution in [0.5, 0.6) is 5.75 Å². The summed E-state index contributed by atoms with van der Waals surface area (Å²) >= 11 is 0. The summed E-state index contributed by atoms with van der Waals surface area (Å²) < 4.78 is 5.90. The van der Waals surface area contributed by atoms with E-state index in [1.54, 1.807) is 12.1 Å². The molecule has 28 heavy (non-hydrogen) atoms. The molecule has 1 aliphatic heterocycles. The number of nitrogens with zero attached hydrogens (tertiary/aromatic N) is 2. The highest BCUT2D eigenvalue weighted by atomic mass is 16.3. The van der Waals surface area contributed by atoms with Gasteiger partial charge in [-0.15, -0.1) is 0 Å².